The van der Waals surface area contributed by atoms with Crippen LogP contribution >= 0.6 is 11.6 Å². The van der Waals surface area contributed by atoms with E-state index in [0.29, 0.717) is 31.0 Å². The second kappa shape index (κ2) is 7.44. The normalized spacial score (nSPS) is 20.0. The Hall–Kier alpha value is -1.11. The molecule has 122 valence electrons. The molecule has 0 unspecified atom stereocenters. The van der Waals surface area contributed by atoms with Crippen LogP contribution < -0.4 is 0 Å². The molecule has 0 aliphatic carbocycles. The molecule has 1 fully saturated rings. The summed E-state index contributed by atoms with van der Waals surface area (Å²) in [6.07, 6.45) is 1.87. The fraction of sp³-hybridized carbons (Fsp3) is 0.533. The second-order valence-corrected chi connectivity index (χ2v) is 8.12. The number of nitrogens with zero attached hydrogens (tertiary/aromatic N) is 1. The summed E-state index contributed by atoms with van der Waals surface area (Å²) in [6.45, 7) is 0.776. The van der Waals surface area contributed by atoms with E-state index in [-0.39, 0.29) is 18.1 Å². The summed E-state index contributed by atoms with van der Waals surface area (Å²) in [6, 6.07) is 7.20. The highest BCUT2D eigenvalue weighted by atomic mass is 35.5. The molecule has 1 aromatic rings. The van der Waals surface area contributed by atoms with Gasteiger partial charge in [-0.3, -0.25) is 4.79 Å². The maximum Gasteiger partial charge on any atom is 0.303 e. The lowest BCUT2D eigenvalue weighted by Crippen LogP contribution is -2.41. The van der Waals surface area contributed by atoms with Crippen LogP contribution in [0, 0.1) is 5.92 Å². The third-order valence-electron chi connectivity index (χ3n) is 3.93. The van der Waals surface area contributed by atoms with E-state index in [1.54, 1.807) is 6.07 Å². The van der Waals surface area contributed by atoms with Gasteiger partial charge in [-0.1, -0.05) is 29.8 Å². The van der Waals surface area contributed by atoms with Crippen LogP contribution in [0.25, 0.3) is 0 Å². The van der Waals surface area contributed by atoms with Gasteiger partial charge in [-0.05, 0) is 36.8 Å². The average Bonchev–Trinajstić information content (AvgIpc) is 2.46. The maximum atomic E-state index is 12.4. The molecular weight excluding hydrogens is 326 g/mol. The molecule has 1 saturated heterocycles. The van der Waals surface area contributed by atoms with Crippen LogP contribution in [0.3, 0.4) is 0 Å². The molecule has 0 saturated carbocycles. The molecule has 5 nitrogen and oxygen atoms in total. The van der Waals surface area contributed by atoms with Gasteiger partial charge in [0, 0.05) is 24.5 Å². The highest BCUT2D eigenvalue weighted by Gasteiger charge is 2.29. The fourth-order valence-electron chi connectivity index (χ4n) is 2.76. The minimum atomic E-state index is -3.39. The molecule has 0 amide bonds. The van der Waals surface area contributed by atoms with E-state index < -0.39 is 16.0 Å². The quantitative estimate of drug-likeness (QED) is 0.859. The number of hydrogen-bond acceptors (Lipinski definition) is 3. The predicted molar refractivity (Wildman–Crippen MR) is 85.5 cm³/mol. The van der Waals surface area contributed by atoms with Crippen LogP contribution in [-0.4, -0.2) is 42.6 Å². The Morgan fingerprint density at radius 1 is 1.36 bits per heavy atom. The first-order valence-electron chi connectivity index (χ1n) is 7.31. The first-order valence-corrected chi connectivity index (χ1v) is 9.30. The van der Waals surface area contributed by atoms with Crippen LogP contribution in [0.2, 0.25) is 5.02 Å². The van der Waals surface area contributed by atoms with Crippen LogP contribution in [0.15, 0.2) is 24.3 Å². The molecule has 1 heterocycles. The lowest BCUT2D eigenvalue weighted by molar-refractivity contribution is -0.138. The Labute approximate surface area is 135 Å². The van der Waals surface area contributed by atoms with Gasteiger partial charge in [-0.2, -0.15) is 0 Å². The number of benzene rings is 1. The fourth-order valence-corrected chi connectivity index (χ4v) is 4.57. The molecule has 1 N–H and O–H groups in total. The zero-order valence-electron chi connectivity index (χ0n) is 12.2. The number of carbonyl (C=O) groups is 1. The van der Waals surface area contributed by atoms with Crippen molar-refractivity contribution in [3.63, 3.8) is 0 Å². The summed E-state index contributed by atoms with van der Waals surface area (Å²) < 4.78 is 26.3. The first-order chi connectivity index (χ1) is 10.4. The van der Waals surface area contributed by atoms with Gasteiger partial charge >= 0.3 is 5.97 Å². The minimum absolute atomic E-state index is 0.00345. The first kappa shape index (κ1) is 17.2. The molecule has 7 heteroatoms. The maximum absolute atomic E-state index is 12.4. The van der Waals surface area contributed by atoms with Crippen molar-refractivity contribution in [1.29, 1.82) is 0 Å². The smallest absolute Gasteiger partial charge is 0.303 e. The Morgan fingerprint density at radius 2 is 2.09 bits per heavy atom. The predicted octanol–water partition coefficient (Wildman–Crippen LogP) is 2.40. The van der Waals surface area contributed by atoms with E-state index in [1.165, 1.54) is 4.31 Å². The molecule has 1 aliphatic heterocycles. The topological polar surface area (TPSA) is 74.7 Å². The third-order valence-corrected chi connectivity index (χ3v) is 6.13. The number of halogens is 1. The largest absolute Gasteiger partial charge is 0.481 e. The van der Waals surface area contributed by atoms with E-state index in [0.717, 1.165) is 12.0 Å². The Kier molecular flexibility index (Phi) is 5.83. The van der Waals surface area contributed by atoms with Crippen LogP contribution in [0.5, 0.6) is 0 Å². The number of hydrogen-bond donors (Lipinski definition) is 1. The third kappa shape index (κ3) is 4.69. The Bertz CT molecular complexity index is 632. The second-order valence-electron chi connectivity index (χ2n) is 5.62. The van der Waals surface area contributed by atoms with Gasteiger partial charge in [-0.15, -0.1) is 0 Å². The molecular formula is C15H20ClNO4S. The summed E-state index contributed by atoms with van der Waals surface area (Å²) in [7, 11) is -3.39. The number of aryl methyl sites for hydroxylation is 1. The molecule has 0 spiro atoms. The van der Waals surface area contributed by atoms with E-state index in [4.69, 9.17) is 16.7 Å². The zero-order chi connectivity index (χ0) is 16.2. The summed E-state index contributed by atoms with van der Waals surface area (Å²) in [5.74, 6) is -0.974. The summed E-state index contributed by atoms with van der Waals surface area (Å²) in [5, 5.41) is 9.42. The number of rotatable bonds is 6. The Balaban J connectivity index is 1.97. The highest BCUT2D eigenvalue weighted by Crippen LogP contribution is 2.23. The lowest BCUT2D eigenvalue weighted by atomic mass is 9.96. The standard InChI is InChI=1S/C15H20ClNO4S/c16-14-6-2-1-5-13(14)7-9-22(20,21)17-8-3-4-12(11-17)10-15(18)19/h1-2,5-6,12H,3-4,7-11H2,(H,18,19)/t12-/m0/s1. The number of carboxylic acids is 1. The van der Waals surface area contributed by atoms with Crippen LogP contribution in [0.1, 0.15) is 24.8 Å². The van der Waals surface area contributed by atoms with E-state index in [2.05, 4.69) is 0 Å². The van der Waals surface area contributed by atoms with Crippen molar-refractivity contribution >= 4 is 27.6 Å². The molecule has 22 heavy (non-hydrogen) atoms. The van der Waals surface area contributed by atoms with E-state index >= 15 is 0 Å². The van der Waals surface area contributed by atoms with Gasteiger partial charge in [-0.25, -0.2) is 12.7 Å². The van der Waals surface area contributed by atoms with Gasteiger partial charge in [0.15, 0.2) is 0 Å². The van der Waals surface area contributed by atoms with Gasteiger partial charge in [0.05, 0.1) is 5.75 Å². The highest BCUT2D eigenvalue weighted by molar-refractivity contribution is 7.89. The number of aliphatic carboxylic acids is 1. The van der Waals surface area contributed by atoms with Crippen LogP contribution in [0.4, 0.5) is 0 Å². The van der Waals surface area contributed by atoms with Crippen LogP contribution in [-0.2, 0) is 21.2 Å². The zero-order valence-corrected chi connectivity index (χ0v) is 13.8. The molecule has 0 bridgehead atoms. The van der Waals surface area contributed by atoms with Gasteiger partial charge in [0.25, 0.3) is 0 Å². The van der Waals surface area contributed by atoms with Crippen molar-refractivity contribution in [2.75, 3.05) is 18.8 Å². The van der Waals surface area contributed by atoms with E-state index in [9.17, 15) is 13.2 Å². The number of sulfonamides is 1. The summed E-state index contributed by atoms with van der Waals surface area (Å²) in [4.78, 5) is 10.8. The average molecular weight is 346 g/mol. The van der Waals surface area contributed by atoms with Gasteiger partial charge in [0.2, 0.25) is 10.0 Å². The molecule has 2 rings (SSSR count). The lowest BCUT2D eigenvalue weighted by Gasteiger charge is -2.31. The summed E-state index contributed by atoms with van der Waals surface area (Å²) in [5.41, 5.74) is 0.812. The number of carboxylic acid groups (broad SMARTS) is 1. The SMILES string of the molecule is O=C(O)C[C@@H]1CCCN(S(=O)(=O)CCc2ccccc2Cl)C1. The van der Waals surface area contributed by atoms with Crippen molar-refractivity contribution in [2.24, 2.45) is 5.92 Å². The van der Waals surface area contributed by atoms with E-state index in [1.807, 2.05) is 18.2 Å². The van der Waals surface area contributed by atoms with Crippen molar-refractivity contribution < 1.29 is 18.3 Å². The minimum Gasteiger partial charge on any atom is -0.481 e. The van der Waals surface area contributed by atoms with Crippen molar-refractivity contribution in [3.05, 3.63) is 34.9 Å². The van der Waals surface area contributed by atoms with Crippen molar-refractivity contribution in [3.8, 4) is 0 Å². The monoisotopic (exact) mass is 345 g/mol. The molecule has 1 aromatic carbocycles. The van der Waals surface area contributed by atoms with Gasteiger partial charge in [0.1, 0.15) is 0 Å². The number of piperidine rings is 1. The summed E-state index contributed by atoms with van der Waals surface area (Å²) >= 11 is 6.05. The molecule has 1 atom stereocenters. The van der Waals surface area contributed by atoms with Gasteiger partial charge < -0.3 is 5.11 Å². The van der Waals surface area contributed by atoms with Crippen molar-refractivity contribution in [1.82, 2.24) is 4.31 Å². The molecule has 1 aliphatic rings. The Morgan fingerprint density at radius 3 is 2.77 bits per heavy atom. The molecule has 0 radical (unpaired) electrons. The van der Waals surface area contributed by atoms with Crippen molar-refractivity contribution in [2.45, 2.75) is 25.7 Å². The molecule has 0 aromatic heterocycles.